The summed E-state index contributed by atoms with van der Waals surface area (Å²) in [6.45, 7) is 3.67. The van der Waals surface area contributed by atoms with E-state index < -0.39 is 0 Å². The molecule has 0 aliphatic carbocycles. The van der Waals surface area contributed by atoms with Crippen LogP contribution in [0.1, 0.15) is 48.8 Å². The second-order valence-corrected chi connectivity index (χ2v) is 5.36. The van der Waals surface area contributed by atoms with Crippen LogP contribution >= 0.6 is 11.3 Å². The van der Waals surface area contributed by atoms with Crippen molar-refractivity contribution in [1.29, 1.82) is 0 Å². The SMILES string of the molecule is CCCCCCCOCc1ccc(C#CCO)s1. The number of hydrogen-bond acceptors (Lipinski definition) is 3. The highest BCUT2D eigenvalue weighted by molar-refractivity contribution is 7.12. The van der Waals surface area contributed by atoms with Gasteiger partial charge in [-0.3, -0.25) is 0 Å². The van der Waals surface area contributed by atoms with E-state index >= 15 is 0 Å². The van der Waals surface area contributed by atoms with Crippen molar-refractivity contribution in [2.75, 3.05) is 13.2 Å². The minimum atomic E-state index is -0.0819. The Labute approximate surface area is 114 Å². The molecule has 1 heterocycles. The van der Waals surface area contributed by atoms with Gasteiger partial charge < -0.3 is 9.84 Å². The zero-order chi connectivity index (χ0) is 13.1. The van der Waals surface area contributed by atoms with Crippen LogP contribution in [-0.2, 0) is 11.3 Å². The van der Waals surface area contributed by atoms with Crippen LogP contribution < -0.4 is 0 Å². The number of thiophene rings is 1. The van der Waals surface area contributed by atoms with Crippen molar-refractivity contribution < 1.29 is 9.84 Å². The molecule has 0 fully saturated rings. The first-order valence-corrected chi connectivity index (χ1v) is 7.44. The second-order valence-electron chi connectivity index (χ2n) is 4.19. The van der Waals surface area contributed by atoms with Crippen LogP contribution in [0.2, 0.25) is 0 Å². The maximum absolute atomic E-state index is 8.60. The Morgan fingerprint density at radius 3 is 2.83 bits per heavy atom. The van der Waals surface area contributed by atoms with Crippen molar-refractivity contribution in [2.45, 2.75) is 45.6 Å². The Bertz CT molecular complexity index is 373. The summed E-state index contributed by atoms with van der Waals surface area (Å²) in [5.41, 5.74) is 0. The zero-order valence-electron chi connectivity index (χ0n) is 11.1. The van der Waals surface area contributed by atoms with Crippen molar-refractivity contribution in [2.24, 2.45) is 0 Å². The zero-order valence-corrected chi connectivity index (χ0v) is 11.9. The van der Waals surface area contributed by atoms with Crippen LogP contribution in [0.15, 0.2) is 12.1 Å². The van der Waals surface area contributed by atoms with Gasteiger partial charge in [0.1, 0.15) is 6.61 Å². The first kappa shape index (κ1) is 15.2. The Morgan fingerprint density at radius 2 is 2.06 bits per heavy atom. The number of unbranched alkanes of at least 4 members (excludes halogenated alkanes) is 4. The van der Waals surface area contributed by atoms with E-state index in [0.29, 0.717) is 6.61 Å². The van der Waals surface area contributed by atoms with Gasteiger partial charge in [-0.1, -0.05) is 44.4 Å². The molecule has 0 aliphatic rings. The van der Waals surface area contributed by atoms with Gasteiger partial charge in [0, 0.05) is 11.5 Å². The predicted molar refractivity (Wildman–Crippen MR) is 76.7 cm³/mol. The van der Waals surface area contributed by atoms with Crippen molar-refractivity contribution in [3.8, 4) is 11.8 Å². The van der Waals surface area contributed by atoms with Crippen LogP contribution in [0.3, 0.4) is 0 Å². The average molecular weight is 266 g/mol. The van der Waals surface area contributed by atoms with E-state index in [0.717, 1.165) is 17.9 Å². The molecule has 0 aliphatic heterocycles. The largest absolute Gasteiger partial charge is 0.384 e. The topological polar surface area (TPSA) is 29.5 Å². The molecule has 0 atom stereocenters. The monoisotopic (exact) mass is 266 g/mol. The third-order valence-electron chi connectivity index (χ3n) is 2.59. The lowest BCUT2D eigenvalue weighted by Gasteiger charge is -2.02. The van der Waals surface area contributed by atoms with Crippen LogP contribution in [0.25, 0.3) is 0 Å². The third kappa shape index (κ3) is 6.80. The highest BCUT2D eigenvalue weighted by atomic mass is 32.1. The van der Waals surface area contributed by atoms with Crippen LogP contribution in [0.5, 0.6) is 0 Å². The van der Waals surface area contributed by atoms with E-state index in [9.17, 15) is 0 Å². The Balaban J connectivity index is 2.10. The van der Waals surface area contributed by atoms with Crippen LogP contribution in [0.4, 0.5) is 0 Å². The molecule has 1 N–H and O–H groups in total. The normalized spacial score (nSPS) is 10.1. The summed E-state index contributed by atoms with van der Waals surface area (Å²) < 4.78 is 5.63. The molecule has 3 heteroatoms. The van der Waals surface area contributed by atoms with Crippen molar-refractivity contribution in [1.82, 2.24) is 0 Å². The average Bonchev–Trinajstić information content (AvgIpc) is 2.83. The maximum Gasteiger partial charge on any atom is 0.104 e. The predicted octanol–water partition coefficient (Wildman–Crippen LogP) is 3.58. The molecular formula is C15H22O2S. The van der Waals surface area contributed by atoms with Crippen molar-refractivity contribution in [3.63, 3.8) is 0 Å². The van der Waals surface area contributed by atoms with E-state index in [1.165, 1.54) is 30.6 Å². The highest BCUT2D eigenvalue weighted by Gasteiger charge is 1.98. The summed E-state index contributed by atoms with van der Waals surface area (Å²) in [6.07, 6.45) is 6.36. The molecule has 18 heavy (non-hydrogen) atoms. The summed E-state index contributed by atoms with van der Waals surface area (Å²) in [5.74, 6) is 5.55. The first-order chi connectivity index (χ1) is 8.86. The lowest BCUT2D eigenvalue weighted by molar-refractivity contribution is 0.119. The fourth-order valence-corrected chi connectivity index (χ4v) is 2.45. The quantitative estimate of drug-likeness (QED) is 0.575. The van der Waals surface area contributed by atoms with Gasteiger partial charge in [0.05, 0.1) is 11.5 Å². The van der Waals surface area contributed by atoms with Crippen molar-refractivity contribution in [3.05, 3.63) is 21.9 Å². The summed E-state index contributed by atoms with van der Waals surface area (Å²) in [7, 11) is 0. The van der Waals surface area contributed by atoms with Gasteiger partial charge in [-0.25, -0.2) is 0 Å². The molecule has 0 unspecified atom stereocenters. The molecule has 0 saturated carbocycles. The lowest BCUT2D eigenvalue weighted by atomic mass is 10.2. The van der Waals surface area contributed by atoms with E-state index in [4.69, 9.17) is 9.84 Å². The van der Waals surface area contributed by atoms with Crippen LogP contribution in [-0.4, -0.2) is 18.3 Å². The van der Waals surface area contributed by atoms with E-state index in [1.807, 2.05) is 12.1 Å². The molecule has 0 bridgehead atoms. The van der Waals surface area contributed by atoms with Gasteiger partial charge in [0.25, 0.3) is 0 Å². The number of hydrogen-bond donors (Lipinski definition) is 1. The fraction of sp³-hybridized carbons (Fsp3) is 0.600. The number of aliphatic hydroxyl groups is 1. The summed E-state index contributed by atoms with van der Waals surface area (Å²) in [5, 5.41) is 8.60. The molecule has 0 radical (unpaired) electrons. The fourth-order valence-electron chi connectivity index (χ4n) is 1.63. The molecule has 0 saturated heterocycles. The van der Waals surface area contributed by atoms with Crippen LogP contribution in [0, 0.1) is 11.8 Å². The van der Waals surface area contributed by atoms with Gasteiger partial charge >= 0.3 is 0 Å². The van der Waals surface area contributed by atoms with E-state index in [1.54, 1.807) is 11.3 Å². The smallest absolute Gasteiger partial charge is 0.104 e. The third-order valence-corrected chi connectivity index (χ3v) is 3.56. The van der Waals surface area contributed by atoms with Gasteiger partial charge in [-0.15, -0.1) is 11.3 Å². The molecule has 1 aromatic heterocycles. The molecule has 0 aromatic carbocycles. The molecular weight excluding hydrogens is 244 g/mol. The second kappa shape index (κ2) is 10.1. The molecule has 1 rings (SSSR count). The molecule has 2 nitrogen and oxygen atoms in total. The van der Waals surface area contributed by atoms with E-state index in [2.05, 4.69) is 18.8 Å². The standard InChI is InChI=1S/C15H22O2S/c1-2-3-4-5-6-12-17-13-15-10-9-14(18-15)8-7-11-16/h9-10,16H,2-6,11-13H2,1H3. The molecule has 100 valence electrons. The molecule has 1 aromatic rings. The highest BCUT2D eigenvalue weighted by Crippen LogP contribution is 2.16. The summed E-state index contributed by atoms with van der Waals surface area (Å²) in [6, 6.07) is 4.02. The van der Waals surface area contributed by atoms with Gasteiger partial charge in [0.15, 0.2) is 0 Å². The number of aliphatic hydroxyl groups excluding tert-OH is 1. The Morgan fingerprint density at radius 1 is 1.22 bits per heavy atom. The number of rotatable bonds is 8. The summed E-state index contributed by atoms with van der Waals surface area (Å²) >= 11 is 1.64. The molecule has 0 amide bonds. The van der Waals surface area contributed by atoms with Gasteiger partial charge in [-0.2, -0.15) is 0 Å². The Kier molecular flexibility index (Phi) is 8.58. The summed E-state index contributed by atoms with van der Waals surface area (Å²) in [4.78, 5) is 2.19. The van der Waals surface area contributed by atoms with Crippen molar-refractivity contribution >= 4 is 11.3 Å². The lowest BCUT2D eigenvalue weighted by Crippen LogP contribution is -1.93. The minimum absolute atomic E-state index is 0.0819. The Hall–Kier alpha value is -0.820. The van der Waals surface area contributed by atoms with Gasteiger partial charge in [0.2, 0.25) is 0 Å². The minimum Gasteiger partial charge on any atom is -0.384 e. The first-order valence-electron chi connectivity index (χ1n) is 6.63. The molecule has 0 spiro atoms. The number of ether oxygens (including phenoxy) is 1. The maximum atomic E-state index is 8.60. The van der Waals surface area contributed by atoms with E-state index in [-0.39, 0.29) is 6.61 Å². The van der Waals surface area contributed by atoms with Gasteiger partial charge in [-0.05, 0) is 18.6 Å².